The van der Waals surface area contributed by atoms with Gasteiger partial charge in [-0.1, -0.05) is 19.1 Å². The van der Waals surface area contributed by atoms with Gasteiger partial charge in [-0.2, -0.15) is 18.2 Å². The molecule has 0 amide bonds. The zero-order valence-electron chi connectivity index (χ0n) is 11.2. The Balaban J connectivity index is 2.34. The van der Waals surface area contributed by atoms with E-state index in [1.807, 2.05) is 13.0 Å². The minimum Gasteiger partial charge on any atom is -0.439 e. The Morgan fingerprint density at radius 2 is 2.00 bits per heavy atom. The lowest BCUT2D eigenvalue weighted by molar-refractivity contribution is -0.137. The number of ether oxygens (including phenoxy) is 1. The third-order valence-corrected chi connectivity index (χ3v) is 2.81. The van der Waals surface area contributed by atoms with Crippen LogP contribution in [0.1, 0.15) is 18.1 Å². The van der Waals surface area contributed by atoms with Crippen molar-refractivity contribution in [2.75, 3.05) is 5.43 Å². The summed E-state index contributed by atoms with van der Waals surface area (Å²) in [5, 5.41) is 0. The Morgan fingerprint density at radius 3 is 2.62 bits per heavy atom. The van der Waals surface area contributed by atoms with Crippen molar-refractivity contribution in [3.05, 3.63) is 47.5 Å². The van der Waals surface area contributed by atoms with Crippen LogP contribution < -0.4 is 16.0 Å². The van der Waals surface area contributed by atoms with Crippen LogP contribution in [-0.2, 0) is 12.6 Å². The number of alkyl halides is 3. The summed E-state index contributed by atoms with van der Waals surface area (Å²) < 4.78 is 43.8. The molecule has 0 bridgehead atoms. The first-order chi connectivity index (χ1) is 9.92. The van der Waals surface area contributed by atoms with E-state index in [0.29, 0.717) is 5.75 Å². The molecular formula is C14H14F3N3O. The number of nitrogens with two attached hydrogens (primary N) is 1. The van der Waals surface area contributed by atoms with Crippen molar-refractivity contribution in [1.29, 1.82) is 0 Å². The quantitative estimate of drug-likeness (QED) is 0.666. The molecule has 112 valence electrons. The van der Waals surface area contributed by atoms with Crippen LogP contribution in [0.15, 0.2) is 36.4 Å². The Bertz CT molecular complexity index is 629. The Hall–Kier alpha value is -2.28. The van der Waals surface area contributed by atoms with Gasteiger partial charge in [-0.15, -0.1) is 0 Å². The van der Waals surface area contributed by atoms with E-state index in [0.717, 1.165) is 24.1 Å². The summed E-state index contributed by atoms with van der Waals surface area (Å²) in [6.45, 7) is 1.97. The molecule has 0 aliphatic carbocycles. The molecule has 1 heterocycles. The number of nitrogens with one attached hydrogen (secondary N) is 1. The maximum absolute atomic E-state index is 12.8. The highest BCUT2D eigenvalue weighted by Crippen LogP contribution is 2.33. The second-order valence-corrected chi connectivity index (χ2v) is 4.32. The fraction of sp³-hybridized carbons (Fsp3) is 0.214. The SMILES string of the molecule is CCc1cccc(Oc2cc(C(F)(F)F)cc(NN)n2)c1. The van der Waals surface area contributed by atoms with Crippen LogP contribution in [0.4, 0.5) is 19.0 Å². The number of hydrogen-bond donors (Lipinski definition) is 2. The van der Waals surface area contributed by atoms with E-state index >= 15 is 0 Å². The van der Waals surface area contributed by atoms with Crippen LogP contribution in [0.5, 0.6) is 11.6 Å². The number of rotatable bonds is 4. The molecule has 4 nitrogen and oxygen atoms in total. The van der Waals surface area contributed by atoms with Gasteiger partial charge in [-0.05, 0) is 30.2 Å². The molecule has 21 heavy (non-hydrogen) atoms. The Labute approximate surface area is 119 Å². The summed E-state index contributed by atoms with van der Waals surface area (Å²) in [5.41, 5.74) is 2.23. The maximum atomic E-state index is 12.8. The van der Waals surface area contributed by atoms with Crippen molar-refractivity contribution in [2.45, 2.75) is 19.5 Å². The summed E-state index contributed by atoms with van der Waals surface area (Å²) in [5.74, 6) is 5.26. The van der Waals surface area contributed by atoms with E-state index in [9.17, 15) is 13.2 Å². The number of nitrogens with zero attached hydrogens (tertiary/aromatic N) is 1. The maximum Gasteiger partial charge on any atom is 0.416 e. The van der Waals surface area contributed by atoms with Gasteiger partial charge in [0.05, 0.1) is 5.56 Å². The minimum atomic E-state index is -4.50. The van der Waals surface area contributed by atoms with Gasteiger partial charge in [0.15, 0.2) is 0 Å². The van der Waals surface area contributed by atoms with Gasteiger partial charge in [-0.3, -0.25) is 0 Å². The lowest BCUT2D eigenvalue weighted by Gasteiger charge is -2.12. The van der Waals surface area contributed by atoms with Crippen LogP contribution in [-0.4, -0.2) is 4.98 Å². The van der Waals surface area contributed by atoms with Crippen molar-refractivity contribution in [3.8, 4) is 11.6 Å². The lowest BCUT2D eigenvalue weighted by Crippen LogP contribution is -2.12. The van der Waals surface area contributed by atoms with Crippen molar-refractivity contribution >= 4 is 5.82 Å². The highest BCUT2D eigenvalue weighted by molar-refractivity contribution is 5.43. The molecule has 0 saturated carbocycles. The zero-order valence-corrected chi connectivity index (χ0v) is 11.2. The Morgan fingerprint density at radius 1 is 1.24 bits per heavy atom. The molecule has 1 aromatic carbocycles. The number of hydrogen-bond acceptors (Lipinski definition) is 4. The Kier molecular flexibility index (Phi) is 4.32. The molecule has 1 aromatic heterocycles. The first kappa shape index (κ1) is 15.1. The third kappa shape index (κ3) is 3.85. The predicted molar refractivity (Wildman–Crippen MR) is 72.9 cm³/mol. The second-order valence-electron chi connectivity index (χ2n) is 4.32. The van der Waals surface area contributed by atoms with Crippen molar-refractivity contribution in [1.82, 2.24) is 4.98 Å². The zero-order chi connectivity index (χ0) is 15.5. The van der Waals surface area contributed by atoms with Crippen molar-refractivity contribution < 1.29 is 17.9 Å². The number of aromatic nitrogens is 1. The van der Waals surface area contributed by atoms with Gasteiger partial charge in [0.25, 0.3) is 0 Å². The summed E-state index contributed by atoms with van der Waals surface area (Å²) in [4.78, 5) is 3.86. The summed E-state index contributed by atoms with van der Waals surface area (Å²) in [7, 11) is 0. The molecule has 3 N–H and O–H groups in total. The fourth-order valence-corrected chi connectivity index (χ4v) is 1.74. The molecule has 7 heteroatoms. The van der Waals surface area contributed by atoms with E-state index in [-0.39, 0.29) is 11.7 Å². The van der Waals surface area contributed by atoms with Crippen LogP contribution in [0.25, 0.3) is 0 Å². The monoisotopic (exact) mass is 297 g/mol. The van der Waals surface area contributed by atoms with E-state index in [2.05, 4.69) is 10.4 Å². The molecule has 0 atom stereocenters. The molecule has 0 fully saturated rings. The molecule has 2 rings (SSSR count). The largest absolute Gasteiger partial charge is 0.439 e. The van der Waals surface area contributed by atoms with Gasteiger partial charge in [-0.25, -0.2) is 5.84 Å². The van der Waals surface area contributed by atoms with Crippen molar-refractivity contribution in [2.24, 2.45) is 5.84 Å². The molecule has 0 spiro atoms. The number of aryl methyl sites for hydroxylation is 1. The highest BCUT2D eigenvalue weighted by atomic mass is 19.4. The topological polar surface area (TPSA) is 60.2 Å². The van der Waals surface area contributed by atoms with Gasteiger partial charge in [0.2, 0.25) is 5.88 Å². The molecule has 0 aliphatic heterocycles. The number of halogens is 3. The van der Waals surface area contributed by atoms with Gasteiger partial charge < -0.3 is 10.2 Å². The van der Waals surface area contributed by atoms with E-state index < -0.39 is 11.7 Å². The number of anilines is 1. The van der Waals surface area contributed by atoms with E-state index in [1.165, 1.54) is 0 Å². The predicted octanol–water partition coefficient (Wildman–Crippen LogP) is 3.74. The molecule has 0 unspecified atom stereocenters. The van der Waals surface area contributed by atoms with Crippen LogP contribution >= 0.6 is 0 Å². The highest BCUT2D eigenvalue weighted by Gasteiger charge is 2.32. The smallest absolute Gasteiger partial charge is 0.416 e. The van der Waals surface area contributed by atoms with Crippen LogP contribution in [0.2, 0.25) is 0 Å². The summed E-state index contributed by atoms with van der Waals surface area (Å²) >= 11 is 0. The van der Waals surface area contributed by atoms with E-state index in [1.54, 1.807) is 18.2 Å². The van der Waals surface area contributed by atoms with Gasteiger partial charge in [0.1, 0.15) is 11.6 Å². The van der Waals surface area contributed by atoms with Gasteiger partial charge >= 0.3 is 6.18 Å². The lowest BCUT2D eigenvalue weighted by atomic mass is 10.2. The first-order valence-electron chi connectivity index (χ1n) is 6.25. The summed E-state index contributed by atoms with van der Waals surface area (Å²) in [6, 6.07) is 8.71. The second kappa shape index (κ2) is 6.01. The normalized spacial score (nSPS) is 11.3. The fourth-order valence-electron chi connectivity index (χ4n) is 1.74. The number of benzene rings is 1. The van der Waals surface area contributed by atoms with Crippen LogP contribution in [0.3, 0.4) is 0 Å². The molecule has 0 radical (unpaired) electrons. The number of hydrazine groups is 1. The van der Waals surface area contributed by atoms with Crippen molar-refractivity contribution in [3.63, 3.8) is 0 Å². The average molecular weight is 297 g/mol. The minimum absolute atomic E-state index is 0.119. The molecule has 0 saturated heterocycles. The molecule has 0 aliphatic rings. The summed E-state index contributed by atoms with van der Waals surface area (Å²) in [6.07, 6.45) is -3.71. The van der Waals surface area contributed by atoms with Crippen LogP contribution in [0, 0.1) is 0 Å². The molecule has 2 aromatic rings. The number of pyridine rings is 1. The standard InChI is InChI=1S/C14H14F3N3O/c1-2-9-4-3-5-11(6-9)21-13-8-10(14(15,16)17)7-12(19-13)20-18/h3-8H,2,18H2,1H3,(H,19,20). The molecular weight excluding hydrogens is 283 g/mol. The number of nitrogen functional groups attached to an aromatic ring is 1. The van der Waals surface area contributed by atoms with E-state index in [4.69, 9.17) is 10.6 Å². The average Bonchev–Trinajstić information content (AvgIpc) is 2.46. The third-order valence-electron chi connectivity index (χ3n) is 2.81. The first-order valence-corrected chi connectivity index (χ1v) is 6.25. The van der Waals surface area contributed by atoms with Gasteiger partial charge in [0, 0.05) is 6.07 Å².